The van der Waals surface area contributed by atoms with Gasteiger partial charge in [-0.25, -0.2) is 4.79 Å². The van der Waals surface area contributed by atoms with Crippen LogP contribution >= 0.6 is 0 Å². The highest BCUT2D eigenvalue weighted by Gasteiger charge is 2.53. The lowest BCUT2D eigenvalue weighted by Gasteiger charge is -2.44. The highest BCUT2D eigenvalue weighted by atomic mass is 16.7. The maximum atomic E-state index is 12.1. The Labute approximate surface area is 157 Å². The number of aliphatic hydroxyl groups is 5. The summed E-state index contributed by atoms with van der Waals surface area (Å²) in [7, 11) is 0. The van der Waals surface area contributed by atoms with Crippen molar-refractivity contribution in [3.05, 3.63) is 0 Å². The van der Waals surface area contributed by atoms with E-state index in [1.807, 2.05) is 0 Å². The van der Waals surface area contributed by atoms with Crippen LogP contribution in [0, 0.1) is 0 Å². The summed E-state index contributed by atoms with van der Waals surface area (Å²) in [5.41, 5.74) is 0. The molecule has 0 spiro atoms. The van der Waals surface area contributed by atoms with E-state index in [1.165, 1.54) is 0 Å². The standard InChI is InChI=1S/C17H31NO9/c1-2-3-4-5-6-7-12(22)18-13-10(20)8-17(26,16(24)25)27-15(13)14(23)11(21)9-19/h10-11,13-15,19-21,23,26H,2-9H2,1H3,(H,18,22)(H,24,25)/t10-,11+,13+,14+,15+,17?/m0/s1. The van der Waals surface area contributed by atoms with Crippen molar-refractivity contribution in [3.8, 4) is 0 Å². The molecule has 1 rings (SSSR count). The van der Waals surface area contributed by atoms with Crippen LogP contribution < -0.4 is 5.32 Å². The summed E-state index contributed by atoms with van der Waals surface area (Å²) in [5, 5.41) is 60.6. The van der Waals surface area contributed by atoms with E-state index in [4.69, 9.17) is 14.9 Å². The van der Waals surface area contributed by atoms with Crippen molar-refractivity contribution >= 4 is 11.9 Å². The van der Waals surface area contributed by atoms with E-state index < -0.39 is 61.1 Å². The third-order valence-corrected chi connectivity index (χ3v) is 4.67. The topological polar surface area (TPSA) is 177 Å². The second-order valence-corrected chi connectivity index (χ2v) is 6.94. The van der Waals surface area contributed by atoms with Gasteiger partial charge in [0.15, 0.2) is 0 Å². The van der Waals surface area contributed by atoms with E-state index in [-0.39, 0.29) is 6.42 Å². The van der Waals surface area contributed by atoms with Crippen LogP contribution in [-0.2, 0) is 14.3 Å². The summed E-state index contributed by atoms with van der Waals surface area (Å²) < 4.78 is 5.02. The Morgan fingerprint density at radius 2 is 1.85 bits per heavy atom. The van der Waals surface area contributed by atoms with E-state index >= 15 is 0 Å². The van der Waals surface area contributed by atoms with Crippen LogP contribution in [0.25, 0.3) is 0 Å². The molecule has 1 unspecified atom stereocenters. The van der Waals surface area contributed by atoms with Gasteiger partial charge in [-0.05, 0) is 6.42 Å². The van der Waals surface area contributed by atoms with E-state index in [0.717, 1.165) is 25.7 Å². The molecule has 0 radical (unpaired) electrons. The lowest BCUT2D eigenvalue weighted by Crippen LogP contribution is -2.67. The Hall–Kier alpha value is -1.30. The van der Waals surface area contributed by atoms with Crippen LogP contribution in [-0.4, -0.2) is 85.4 Å². The van der Waals surface area contributed by atoms with Crippen LogP contribution in [0.5, 0.6) is 0 Å². The molecule has 1 saturated heterocycles. The van der Waals surface area contributed by atoms with Gasteiger partial charge < -0.3 is 40.7 Å². The molecule has 1 fully saturated rings. The fourth-order valence-corrected chi connectivity index (χ4v) is 3.05. The molecule has 0 aromatic heterocycles. The summed E-state index contributed by atoms with van der Waals surface area (Å²) in [6.45, 7) is 1.21. The summed E-state index contributed by atoms with van der Waals surface area (Å²) in [6, 6.07) is -1.26. The van der Waals surface area contributed by atoms with Gasteiger partial charge in [0.2, 0.25) is 5.91 Å². The first-order chi connectivity index (χ1) is 12.7. The van der Waals surface area contributed by atoms with Crippen molar-refractivity contribution in [2.75, 3.05) is 6.61 Å². The first-order valence-corrected chi connectivity index (χ1v) is 9.24. The van der Waals surface area contributed by atoms with Crippen molar-refractivity contribution in [1.29, 1.82) is 0 Å². The SMILES string of the molecule is CCCCCCCC(=O)N[C@H]1[C@H]([C@H](O)[C@H](O)CO)OC(O)(C(=O)O)C[C@@H]1O. The van der Waals surface area contributed by atoms with Crippen LogP contribution in [0.3, 0.4) is 0 Å². The Morgan fingerprint density at radius 3 is 2.41 bits per heavy atom. The lowest BCUT2D eigenvalue weighted by atomic mass is 9.88. The quantitative estimate of drug-likeness (QED) is 0.205. The van der Waals surface area contributed by atoms with Crippen molar-refractivity contribution in [1.82, 2.24) is 5.32 Å². The molecule has 158 valence electrons. The van der Waals surface area contributed by atoms with Gasteiger partial charge in [-0.15, -0.1) is 0 Å². The average molecular weight is 393 g/mol. The molecule has 10 heteroatoms. The van der Waals surface area contributed by atoms with Crippen LogP contribution in [0.1, 0.15) is 51.9 Å². The summed E-state index contributed by atoms with van der Waals surface area (Å²) in [5.74, 6) is -5.00. The number of aliphatic carboxylic acids is 1. The summed E-state index contributed by atoms with van der Waals surface area (Å²) in [4.78, 5) is 23.4. The van der Waals surface area contributed by atoms with E-state index in [1.54, 1.807) is 0 Å². The molecule has 7 N–H and O–H groups in total. The second kappa shape index (κ2) is 10.9. The number of unbranched alkanes of at least 4 members (excludes halogenated alkanes) is 4. The number of carbonyl (C=O) groups is 2. The average Bonchev–Trinajstić information content (AvgIpc) is 2.62. The monoisotopic (exact) mass is 393 g/mol. The predicted octanol–water partition coefficient (Wildman–Crippen LogP) is -1.53. The zero-order valence-electron chi connectivity index (χ0n) is 15.5. The summed E-state index contributed by atoms with van der Waals surface area (Å²) in [6.07, 6.45) is -2.69. The largest absolute Gasteiger partial charge is 0.477 e. The van der Waals surface area contributed by atoms with Gasteiger partial charge in [0.25, 0.3) is 5.79 Å². The number of hydrogen-bond donors (Lipinski definition) is 7. The van der Waals surface area contributed by atoms with Gasteiger partial charge in [0.1, 0.15) is 18.3 Å². The molecule has 0 bridgehead atoms. The van der Waals surface area contributed by atoms with Gasteiger partial charge in [-0.2, -0.15) is 0 Å². The van der Waals surface area contributed by atoms with Gasteiger partial charge >= 0.3 is 5.97 Å². The molecule has 0 aromatic carbocycles. The molecule has 0 aromatic rings. The van der Waals surface area contributed by atoms with E-state index in [0.29, 0.717) is 6.42 Å². The number of aliphatic hydroxyl groups excluding tert-OH is 4. The first-order valence-electron chi connectivity index (χ1n) is 9.24. The molecule has 1 heterocycles. The minimum Gasteiger partial charge on any atom is -0.477 e. The minimum atomic E-state index is -2.79. The van der Waals surface area contributed by atoms with Crippen molar-refractivity contribution in [2.24, 2.45) is 0 Å². The molecular weight excluding hydrogens is 362 g/mol. The van der Waals surface area contributed by atoms with Gasteiger partial charge in [-0.3, -0.25) is 4.79 Å². The third-order valence-electron chi connectivity index (χ3n) is 4.67. The van der Waals surface area contributed by atoms with Crippen LogP contribution in [0.15, 0.2) is 0 Å². The number of carboxylic acids is 1. The molecule has 6 atom stereocenters. The number of rotatable bonds is 11. The maximum absolute atomic E-state index is 12.1. The predicted molar refractivity (Wildman–Crippen MR) is 92.5 cm³/mol. The normalized spacial score (nSPS) is 30.5. The molecular formula is C17H31NO9. The smallest absolute Gasteiger partial charge is 0.364 e. The van der Waals surface area contributed by atoms with Gasteiger partial charge in [0.05, 0.1) is 18.8 Å². The molecule has 1 aliphatic heterocycles. The van der Waals surface area contributed by atoms with Crippen molar-refractivity contribution in [2.45, 2.75) is 88.1 Å². The molecule has 27 heavy (non-hydrogen) atoms. The minimum absolute atomic E-state index is 0.168. The summed E-state index contributed by atoms with van der Waals surface area (Å²) >= 11 is 0. The highest BCUT2D eigenvalue weighted by molar-refractivity contribution is 5.77. The number of carbonyl (C=O) groups excluding carboxylic acids is 1. The number of hydrogen-bond acceptors (Lipinski definition) is 8. The van der Waals surface area contributed by atoms with Gasteiger partial charge in [-0.1, -0.05) is 32.6 Å². The molecule has 0 saturated carbocycles. The second-order valence-electron chi connectivity index (χ2n) is 6.94. The van der Waals surface area contributed by atoms with Gasteiger partial charge in [0, 0.05) is 12.8 Å². The van der Waals surface area contributed by atoms with Crippen LogP contribution in [0.4, 0.5) is 0 Å². The fourth-order valence-electron chi connectivity index (χ4n) is 3.05. The highest BCUT2D eigenvalue weighted by Crippen LogP contribution is 2.30. The third kappa shape index (κ3) is 6.66. The first kappa shape index (κ1) is 23.7. The van der Waals surface area contributed by atoms with Crippen molar-refractivity contribution in [3.63, 3.8) is 0 Å². The number of amides is 1. The number of carboxylic acid groups (broad SMARTS) is 1. The Bertz CT molecular complexity index is 489. The Balaban J connectivity index is 2.81. The zero-order valence-corrected chi connectivity index (χ0v) is 15.5. The zero-order chi connectivity index (χ0) is 20.6. The molecule has 1 amide bonds. The van der Waals surface area contributed by atoms with Crippen molar-refractivity contribution < 1.29 is 45.0 Å². The number of ether oxygens (including phenoxy) is 1. The Morgan fingerprint density at radius 1 is 1.22 bits per heavy atom. The van der Waals surface area contributed by atoms with E-state index in [2.05, 4.69) is 12.2 Å². The molecule has 1 aliphatic rings. The molecule has 10 nitrogen and oxygen atoms in total. The lowest BCUT2D eigenvalue weighted by molar-refractivity contribution is -0.295. The fraction of sp³-hybridized carbons (Fsp3) is 0.882. The Kier molecular flexibility index (Phi) is 9.57. The number of nitrogens with one attached hydrogen (secondary N) is 1. The molecule has 0 aliphatic carbocycles. The van der Waals surface area contributed by atoms with Crippen LogP contribution in [0.2, 0.25) is 0 Å². The van der Waals surface area contributed by atoms with E-state index in [9.17, 15) is 30.0 Å². The maximum Gasteiger partial charge on any atom is 0.364 e.